The van der Waals surface area contributed by atoms with Crippen molar-refractivity contribution >= 4 is 40.9 Å². The van der Waals surface area contributed by atoms with Gasteiger partial charge in [-0.1, -0.05) is 83.9 Å². The fraction of sp³-hybridized carbons (Fsp3) is 0.174. The quantitative estimate of drug-likeness (QED) is 0.467. The fourth-order valence-electron chi connectivity index (χ4n) is 2.99. The first kappa shape index (κ1) is 20.8. The van der Waals surface area contributed by atoms with Crippen LogP contribution >= 0.6 is 35.0 Å². The lowest BCUT2D eigenvalue weighted by molar-refractivity contribution is -0.119. The van der Waals surface area contributed by atoms with E-state index in [9.17, 15) is 4.79 Å². The van der Waals surface area contributed by atoms with Crippen LogP contribution in [0.4, 0.5) is 0 Å². The van der Waals surface area contributed by atoms with Gasteiger partial charge in [-0.3, -0.25) is 4.79 Å². The number of nitrogens with one attached hydrogen (secondary N) is 1. The minimum absolute atomic E-state index is 0.00201. The molecule has 144 valence electrons. The number of rotatable bonds is 7. The van der Waals surface area contributed by atoms with E-state index in [1.54, 1.807) is 17.8 Å². The third-order valence-electron chi connectivity index (χ3n) is 4.42. The topological polar surface area (TPSA) is 29.1 Å². The molecule has 3 aromatic rings. The van der Waals surface area contributed by atoms with Crippen LogP contribution in [0.2, 0.25) is 10.0 Å². The molecule has 0 saturated carbocycles. The van der Waals surface area contributed by atoms with Gasteiger partial charge in [-0.15, -0.1) is 11.8 Å². The van der Waals surface area contributed by atoms with Crippen LogP contribution in [0.1, 0.15) is 28.3 Å². The molecule has 1 N–H and O–H groups in total. The van der Waals surface area contributed by atoms with E-state index in [1.807, 2.05) is 54.6 Å². The van der Waals surface area contributed by atoms with E-state index in [1.165, 1.54) is 0 Å². The number of hydrogen-bond donors (Lipinski definition) is 1. The molecule has 0 heterocycles. The highest BCUT2D eigenvalue weighted by Crippen LogP contribution is 2.26. The molecular weight excluding hydrogens is 409 g/mol. The van der Waals surface area contributed by atoms with E-state index in [0.717, 1.165) is 22.3 Å². The number of carbonyl (C=O) groups excluding carboxylic acids is 1. The molecule has 0 bridgehead atoms. The van der Waals surface area contributed by atoms with Gasteiger partial charge in [0, 0.05) is 5.75 Å². The van der Waals surface area contributed by atoms with Crippen molar-refractivity contribution < 1.29 is 4.79 Å². The van der Waals surface area contributed by atoms with Gasteiger partial charge in [0.25, 0.3) is 0 Å². The normalized spacial score (nSPS) is 11.8. The Hall–Kier alpha value is -1.94. The second-order valence-corrected chi connectivity index (χ2v) is 8.31. The van der Waals surface area contributed by atoms with E-state index in [-0.39, 0.29) is 11.9 Å². The van der Waals surface area contributed by atoms with Crippen molar-refractivity contribution in [2.45, 2.75) is 18.7 Å². The number of amides is 1. The van der Waals surface area contributed by atoms with Crippen molar-refractivity contribution in [3.05, 3.63) is 105 Å². The fourth-order valence-corrected chi connectivity index (χ4v) is 4.10. The van der Waals surface area contributed by atoms with Crippen molar-refractivity contribution in [2.75, 3.05) is 5.75 Å². The molecule has 28 heavy (non-hydrogen) atoms. The Morgan fingerprint density at radius 2 is 1.68 bits per heavy atom. The predicted octanol–water partition coefficient (Wildman–Crippen LogP) is 6.44. The van der Waals surface area contributed by atoms with E-state index >= 15 is 0 Å². The molecule has 0 radical (unpaired) electrons. The van der Waals surface area contributed by atoms with Gasteiger partial charge in [-0.2, -0.15) is 0 Å². The highest BCUT2D eigenvalue weighted by molar-refractivity contribution is 7.99. The maximum absolute atomic E-state index is 12.6. The molecule has 1 amide bonds. The average Bonchev–Trinajstić information content (AvgIpc) is 2.70. The van der Waals surface area contributed by atoms with Crippen molar-refractivity contribution in [3.8, 4) is 0 Å². The van der Waals surface area contributed by atoms with E-state index in [4.69, 9.17) is 23.2 Å². The van der Waals surface area contributed by atoms with Crippen LogP contribution in [0.3, 0.4) is 0 Å². The summed E-state index contributed by atoms with van der Waals surface area (Å²) < 4.78 is 0. The molecule has 0 aliphatic rings. The largest absolute Gasteiger partial charge is 0.344 e. The first-order chi connectivity index (χ1) is 13.5. The summed E-state index contributed by atoms with van der Waals surface area (Å²) in [6.45, 7) is 2.07. The summed E-state index contributed by atoms with van der Waals surface area (Å²) in [6.07, 6.45) is 0. The summed E-state index contributed by atoms with van der Waals surface area (Å²) in [4.78, 5) is 12.6. The molecule has 0 saturated heterocycles. The van der Waals surface area contributed by atoms with E-state index in [0.29, 0.717) is 21.6 Å². The van der Waals surface area contributed by atoms with Gasteiger partial charge in [0.05, 0.1) is 21.8 Å². The molecule has 0 fully saturated rings. The number of halogens is 2. The third kappa shape index (κ3) is 5.54. The van der Waals surface area contributed by atoms with Crippen LogP contribution in [0, 0.1) is 6.92 Å². The molecule has 0 spiro atoms. The number of benzene rings is 3. The Labute approximate surface area is 180 Å². The standard InChI is InChI=1S/C23H21Cl2NOS/c1-16-7-5-6-10-19(16)23(18-8-3-2-4-9-18)26-22(27)15-28-14-17-11-12-20(24)21(25)13-17/h2-13,23H,14-15H2,1H3,(H,26,27)/t23-/m0/s1. The van der Waals surface area contributed by atoms with Crippen molar-refractivity contribution in [1.29, 1.82) is 0 Å². The summed E-state index contributed by atoms with van der Waals surface area (Å²) in [5.41, 5.74) is 4.38. The number of carbonyl (C=O) groups is 1. The SMILES string of the molecule is Cc1ccccc1[C@@H](NC(=O)CSCc1ccc(Cl)c(Cl)c1)c1ccccc1. The third-order valence-corrected chi connectivity index (χ3v) is 6.17. The van der Waals surface area contributed by atoms with Crippen LogP contribution in [-0.2, 0) is 10.5 Å². The monoisotopic (exact) mass is 429 g/mol. The number of thioether (sulfide) groups is 1. The van der Waals surface area contributed by atoms with Crippen molar-refractivity contribution in [2.24, 2.45) is 0 Å². The summed E-state index contributed by atoms with van der Waals surface area (Å²) in [6, 6.07) is 23.6. The lowest BCUT2D eigenvalue weighted by Gasteiger charge is -2.21. The zero-order valence-corrected chi connectivity index (χ0v) is 17.8. The zero-order chi connectivity index (χ0) is 19.9. The van der Waals surface area contributed by atoms with Crippen molar-refractivity contribution in [3.63, 3.8) is 0 Å². The van der Waals surface area contributed by atoms with Gasteiger partial charge in [-0.25, -0.2) is 0 Å². The molecule has 2 nitrogen and oxygen atoms in total. The zero-order valence-electron chi connectivity index (χ0n) is 15.5. The van der Waals surface area contributed by atoms with Gasteiger partial charge >= 0.3 is 0 Å². The Bertz CT molecular complexity index is 946. The van der Waals surface area contributed by atoms with Gasteiger partial charge in [0.1, 0.15) is 0 Å². The lowest BCUT2D eigenvalue weighted by atomic mass is 9.95. The molecule has 0 aliphatic carbocycles. The molecule has 1 atom stereocenters. The maximum atomic E-state index is 12.6. The smallest absolute Gasteiger partial charge is 0.230 e. The minimum atomic E-state index is -0.166. The molecular formula is C23H21Cl2NOS. The molecule has 3 aromatic carbocycles. The summed E-state index contributed by atoms with van der Waals surface area (Å²) >= 11 is 13.6. The van der Waals surface area contributed by atoms with E-state index < -0.39 is 0 Å². The highest BCUT2D eigenvalue weighted by Gasteiger charge is 2.18. The van der Waals surface area contributed by atoms with Gasteiger partial charge in [-0.05, 0) is 41.3 Å². The van der Waals surface area contributed by atoms with Crippen LogP contribution in [0.25, 0.3) is 0 Å². The van der Waals surface area contributed by atoms with Crippen molar-refractivity contribution in [1.82, 2.24) is 5.32 Å². The lowest BCUT2D eigenvalue weighted by Crippen LogP contribution is -2.31. The Balaban J connectivity index is 1.66. The van der Waals surface area contributed by atoms with Gasteiger partial charge < -0.3 is 5.32 Å². The molecule has 0 aromatic heterocycles. The van der Waals surface area contributed by atoms with Gasteiger partial charge in [0.2, 0.25) is 5.91 Å². The highest BCUT2D eigenvalue weighted by atomic mass is 35.5. The Morgan fingerprint density at radius 1 is 0.964 bits per heavy atom. The van der Waals surface area contributed by atoms with Crippen LogP contribution in [-0.4, -0.2) is 11.7 Å². The Morgan fingerprint density at radius 3 is 2.39 bits per heavy atom. The molecule has 0 unspecified atom stereocenters. The minimum Gasteiger partial charge on any atom is -0.344 e. The summed E-state index contributed by atoms with van der Waals surface area (Å²) in [5.74, 6) is 1.07. The first-order valence-electron chi connectivity index (χ1n) is 8.96. The predicted molar refractivity (Wildman–Crippen MR) is 120 cm³/mol. The average molecular weight is 430 g/mol. The Kier molecular flexibility index (Phi) is 7.43. The van der Waals surface area contributed by atoms with Crippen LogP contribution < -0.4 is 5.32 Å². The first-order valence-corrected chi connectivity index (χ1v) is 10.9. The van der Waals surface area contributed by atoms with Crippen LogP contribution in [0.5, 0.6) is 0 Å². The molecule has 0 aliphatic heterocycles. The summed E-state index contributed by atoms with van der Waals surface area (Å²) in [7, 11) is 0. The maximum Gasteiger partial charge on any atom is 0.230 e. The van der Waals surface area contributed by atoms with Crippen LogP contribution in [0.15, 0.2) is 72.8 Å². The molecule has 5 heteroatoms. The summed E-state index contributed by atoms with van der Waals surface area (Å²) in [5, 5.41) is 4.26. The van der Waals surface area contributed by atoms with E-state index in [2.05, 4.69) is 24.4 Å². The van der Waals surface area contributed by atoms with Gasteiger partial charge in [0.15, 0.2) is 0 Å². The second kappa shape index (κ2) is 10.0. The second-order valence-electron chi connectivity index (χ2n) is 6.51. The number of hydrogen-bond acceptors (Lipinski definition) is 2. The molecule has 3 rings (SSSR count). The number of aryl methyl sites for hydroxylation is 1.